The molecule has 0 amide bonds. The Labute approximate surface area is 173 Å². The summed E-state index contributed by atoms with van der Waals surface area (Å²) in [5.74, 6) is 0.726. The summed E-state index contributed by atoms with van der Waals surface area (Å²) in [5.41, 5.74) is 0.880. The maximum absolute atomic E-state index is 12.9. The number of guanidine groups is 1. The molecule has 1 aliphatic heterocycles. The first-order valence-electron chi connectivity index (χ1n) is 10.3. The van der Waals surface area contributed by atoms with Crippen LogP contribution in [0, 0.1) is 0 Å². The van der Waals surface area contributed by atoms with Crippen molar-refractivity contribution in [3.05, 3.63) is 54.4 Å². The first-order valence-corrected chi connectivity index (χ1v) is 11.8. The highest BCUT2D eigenvalue weighted by Crippen LogP contribution is 2.21. The second kappa shape index (κ2) is 10.5. The topological polar surface area (TPSA) is 78.7 Å². The van der Waals surface area contributed by atoms with Crippen molar-refractivity contribution in [1.29, 1.82) is 0 Å². The Hall–Kier alpha value is -2.32. The van der Waals surface area contributed by atoms with Gasteiger partial charge in [-0.2, -0.15) is 4.31 Å². The van der Waals surface area contributed by atoms with Gasteiger partial charge in [0, 0.05) is 45.1 Å². The van der Waals surface area contributed by atoms with Crippen molar-refractivity contribution < 1.29 is 8.42 Å². The smallest absolute Gasteiger partial charge is 0.243 e. The molecule has 0 spiro atoms. The third kappa shape index (κ3) is 6.08. The predicted octanol–water partition coefficient (Wildman–Crippen LogP) is 2.42. The Morgan fingerprint density at radius 3 is 2.55 bits per heavy atom. The molecule has 0 unspecified atom stereocenters. The lowest BCUT2D eigenvalue weighted by Crippen LogP contribution is -2.38. The lowest BCUT2D eigenvalue weighted by molar-refractivity contribution is 0.346. The third-order valence-electron chi connectivity index (χ3n) is 4.94. The molecule has 1 aliphatic rings. The van der Waals surface area contributed by atoms with Gasteiger partial charge in [-0.15, -0.1) is 0 Å². The zero-order chi connectivity index (χ0) is 20.5. The van der Waals surface area contributed by atoms with Gasteiger partial charge < -0.3 is 15.2 Å². The number of sulfonamides is 1. The highest BCUT2D eigenvalue weighted by atomic mass is 32.2. The maximum Gasteiger partial charge on any atom is 0.243 e. The van der Waals surface area contributed by atoms with E-state index in [1.807, 2.05) is 37.5 Å². The normalized spacial score (nSPS) is 16.0. The van der Waals surface area contributed by atoms with E-state index in [2.05, 4.69) is 20.2 Å². The van der Waals surface area contributed by atoms with E-state index < -0.39 is 10.0 Å². The van der Waals surface area contributed by atoms with Crippen molar-refractivity contribution >= 4 is 16.0 Å². The van der Waals surface area contributed by atoms with Crippen molar-refractivity contribution in [2.75, 3.05) is 26.2 Å². The van der Waals surface area contributed by atoms with Gasteiger partial charge in [-0.25, -0.2) is 13.4 Å². The molecule has 2 N–H and O–H groups in total. The fraction of sp³-hybridized carbons (Fsp3) is 0.476. The molecule has 0 bridgehead atoms. The van der Waals surface area contributed by atoms with Crippen LogP contribution in [0.2, 0.25) is 0 Å². The average molecular weight is 418 g/mol. The third-order valence-corrected chi connectivity index (χ3v) is 6.84. The maximum atomic E-state index is 12.9. The SMILES string of the molecule is CCNC(=NCc1cccc(S(=O)(=O)N2CCCCC2)c1)NCCn1cccc1. The van der Waals surface area contributed by atoms with Crippen LogP contribution in [0.5, 0.6) is 0 Å². The van der Waals surface area contributed by atoms with Crippen molar-refractivity contribution in [1.82, 2.24) is 19.5 Å². The summed E-state index contributed by atoms with van der Waals surface area (Å²) in [6.07, 6.45) is 7.03. The number of aromatic nitrogens is 1. The number of benzene rings is 1. The zero-order valence-electron chi connectivity index (χ0n) is 17.0. The lowest BCUT2D eigenvalue weighted by atomic mass is 10.2. The van der Waals surface area contributed by atoms with Crippen molar-refractivity contribution in [3.63, 3.8) is 0 Å². The quantitative estimate of drug-likeness (QED) is 0.511. The molecular formula is C21H31N5O2S. The van der Waals surface area contributed by atoms with Crippen LogP contribution in [0.4, 0.5) is 0 Å². The van der Waals surface area contributed by atoms with Gasteiger partial charge in [0.05, 0.1) is 11.4 Å². The summed E-state index contributed by atoms with van der Waals surface area (Å²) in [4.78, 5) is 4.97. The summed E-state index contributed by atoms with van der Waals surface area (Å²) in [5, 5.41) is 6.55. The summed E-state index contributed by atoms with van der Waals surface area (Å²) in [6, 6.07) is 11.2. The van der Waals surface area contributed by atoms with E-state index in [0.717, 1.165) is 50.4 Å². The molecule has 1 fully saturated rings. The number of piperidine rings is 1. The van der Waals surface area contributed by atoms with Crippen LogP contribution in [0.1, 0.15) is 31.7 Å². The Morgan fingerprint density at radius 2 is 1.83 bits per heavy atom. The van der Waals surface area contributed by atoms with Gasteiger partial charge in [-0.1, -0.05) is 18.6 Å². The monoisotopic (exact) mass is 417 g/mol. The van der Waals surface area contributed by atoms with Crippen LogP contribution in [-0.4, -0.2) is 49.4 Å². The Balaban J connectivity index is 1.63. The van der Waals surface area contributed by atoms with Gasteiger partial charge in [0.15, 0.2) is 5.96 Å². The second-order valence-electron chi connectivity index (χ2n) is 7.15. The van der Waals surface area contributed by atoms with Crippen LogP contribution in [-0.2, 0) is 23.1 Å². The first kappa shape index (κ1) is 21.4. The number of aliphatic imine (C=N–C) groups is 1. The molecule has 1 saturated heterocycles. The Morgan fingerprint density at radius 1 is 1.07 bits per heavy atom. The van der Waals surface area contributed by atoms with Gasteiger partial charge in [-0.05, 0) is 49.6 Å². The fourth-order valence-electron chi connectivity index (χ4n) is 3.39. The summed E-state index contributed by atoms with van der Waals surface area (Å²) in [7, 11) is -3.42. The highest BCUT2D eigenvalue weighted by Gasteiger charge is 2.25. The Kier molecular flexibility index (Phi) is 7.71. The van der Waals surface area contributed by atoms with Crippen LogP contribution in [0.3, 0.4) is 0 Å². The average Bonchev–Trinajstić information content (AvgIpc) is 3.26. The molecule has 3 rings (SSSR count). The van der Waals surface area contributed by atoms with Crippen molar-refractivity contribution in [3.8, 4) is 0 Å². The minimum absolute atomic E-state index is 0.359. The van der Waals surface area contributed by atoms with Gasteiger partial charge in [0.2, 0.25) is 10.0 Å². The minimum atomic E-state index is -3.42. The van der Waals surface area contributed by atoms with Gasteiger partial charge in [0.1, 0.15) is 0 Å². The molecule has 29 heavy (non-hydrogen) atoms. The number of rotatable bonds is 8. The molecule has 0 radical (unpaired) electrons. The standard InChI is InChI=1S/C21H31N5O2S/c1-2-22-21(23-11-16-25-12-6-7-13-25)24-18-19-9-8-10-20(17-19)29(27,28)26-14-4-3-5-15-26/h6-10,12-13,17H,2-5,11,14-16,18H2,1H3,(H2,22,23,24). The molecule has 2 aromatic rings. The number of hydrogen-bond donors (Lipinski definition) is 2. The summed E-state index contributed by atoms with van der Waals surface area (Å²) >= 11 is 0. The van der Waals surface area contributed by atoms with Crippen molar-refractivity contribution in [2.24, 2.45) is 4.99 Å². The zero-order valence-corrected chi connectivity index (χ0v) is 17.9. The lowest BCUT2D eigenvalue weighted by Gasteiger charge is -2.26. The molecule has 0 saturated carbocycles. The summed E-state index contributed by atoms with van der Waals surface area (Å²) < 4.78 is 29.5. The molecule has 1 aromatic heterocycles. The second-order valence-corrected chi connectivity index (χ2v) is 9.09. The van der Waals surface area contributed by atoms with E-state index >= 15 is 0 Å². The van der Waals surface area contributed by atoms with E-state index in [1.165, 1.54) is 0 Å². The number of nitrogens with one attached hydrogen (secondary N) is 2. The molecule has 0 aliphatic carbocycles. The number of hydrogen-bond acceptors (Lipinski definition) is 3. The molecule has 0 atom stereocenters. The minimum Gasteiger partial charge on any atom is -0.357 e. The highest BCUT2D eigenvalue weighted by molar-refractivity contribution is 7.89. The van der Waals surface area contributed by atoms with E-state index in [4.69, 9.17) is 0 Å². The molecule has 158 valence electrons. The van der Waals surface area contributed by atoms with Crippen LogP contribution < -0.4 is 10.6 Å². The molecule has 1 aromatic carbocycles. The molecule has 2 heterocycles. The van der Waals surface area contributed by atoms with Gasteiger partial charge in [-0.3, -0.25) is 0 Å². The van der Waals surface area contributed by atoms with Gasteiger partial charge >= 0.3 is 0 Å². The fourth-order valence-corrected chi connectivity index (χ4v) is 4.98. The van der Waals surface area contributed by atoms with Crippen LogP contribution >= 0.6 is 0 Å². The predicted molar refractivity (Wildman–Crippen MR) is 116 cm³/mol. The van der Waals surface area contributed by atoms with Crippen LogP contribution in [0.15, 0.2) is 58.7 Å². The molecular weight excluding hydrogens is 386 g/mol. The first-order chi connectivity index (χ1) is 14.1. The summed E-state index contributed by atoms with van der Waals surface area (Å²) in [6.45, 7) is 6.03. The van der Waals surface area contributed by atoms with E-state index in [0.29, 0.717) is 24.5 Å². The Bertz CT molecular complexity index is 888. The van der Waals surface area contributed by atoms with E-state index in [-0.39, 0.29) is 0 Å². The van der Waals surface area contributed by atoms with Crippen molar-refractivity contribution in [2.45, 2.75) is 44.2 Å². The van der Waals surface area contributed by atoms with E-state index in [1.54, 1.807) is 22.5 Å². The van der Waals surface area contributed by atoms with Gasteiger partial charge in [0.25, 0.3) is 0 Å². The molecule has 8 heteroatoms. The van der Waals surface area contributed by atoms with Crippen LogP contribution in [0.25, 0.3) is 0 Å². The van der Waals surface area contributed by atoms with E-state index in [9.17, 15) is 8.42 Å². The largest absolute Gasteiger partial charge is 0.357 e. The number of nitrogens with zero attached hydrogens (tertiary/aromatic N) is 3. The molecule has 7 nitrogen and oxygen atoms in total.